The Kier molecular flexibility index (Phi) is 3.86. The summed E-state index contributed by atoms with van der Waals surface area (Å²) in [5.41, 5.74) is 3.06. The molecule has 0 bridgehead atoms. The molecule has 1 aromatic carbocycles. The number of benzene rings is 1. The lowest BCUT2D eigenvalue weighted by atomic mass is 10.1. The van der Waals surface area contributed by atoms with Crippen molar-refractivity contribution in [3.63, 3.8) is 0 Å². The Hall–Kier alpha value is -2.16. The lowest BCUT2D eigenvalue weighted by Gasteiger charge is -2.04. The van der Waals surface area contributed by atoms with Gasteiger partial charge in [0.15, 0.2) is 0 Å². The third-order valence-electron chi connectivity index (χ3n) is 2.49. The fourth-order valence-electron chi connectivity index (χ4n) is 1.65. The Labute approximate surface area is 101 Å². The minimum atomic E-state index is 0.620. The van der Waals surface area contributed by atoms with Gasteiger partial charge in [-0.2, -0.15) is 0 Å². The Bertz CT molecular complexity index is 483. The molecule has 0 aliphatic carbocycles. The zero-order valence-corrected chi connectivity index (χ0v) is 9.47. The summed E-state index contributed by atoms with van der Waals surface area (Å²) in [6.07, 6.45) is 1.46. The van der Waals surface area contributed by atoms with Crippen molar-refractivity contribution in [1.82, 2.24) is 10.3 Å². The molecule has 0 aliphatic heterocycles. The fraction of sp³-hybridized carbons (Fsp3) is 0.143. The molecular weight excluding hydrogens is 212 g/mol. The van der Waals surface area contributed by atoms with E-state index < -0.39 is 0 Å². The molecular formula is C14H14N2O. The quantitative estimate of drug-likeness (QED) is 0.626. The summed E-state index contributed by atoms with van der Waals surface area (Å²) in [5.74, 6) is 0. The summed E-state index contributed by atoms with van der Waals surface area (Å²) >= 11 is 0. The predicted octanol–water partition coefficient (Wildman–Crippen LogP) is 2.04. The van der Waals surface area contributed by atoms with Gasteiger partial charge in [-0.3, -0.25) is 9.78 Å². The average Bonchev–Trinajstić information content (AvgIpc) is 2.41. The van der Waals surface area contributed by atoms with Crippen LogP contribution in [-0.2, 0) is 11.2 Å². The van der Waals surface area contributed by atoms with Crippen molar-refractivity contribution in [3.05, 3.63) is 54.2 Å². The van der Waals surface area contributed by atoms with Crippen LogP contribution in [0.2, 0.25) is 0 Å². The number of aromatic nitrogens is 1. The third-order valence-corrected chi connectivity index (χ3v) is 2.49. The van der Waals surface area contributed by atoms with E-state index >= 15 is 0 Å². The summed E-state index contributed by atoms with van der Waals surface area (Å²) in [6.45, 7) is 0.620. The fourth-order valence-corrected chi connectivity index (χ4v) is 1.65. The number of nitrogens with zero attached hydrogens (tertiary/aromatic N) is 1. The number of nitrogens with one attached hydrogen (secondary N) is 1. The van der Waals surface area contributed by atoms with Crippen LogP contribution in [0.15, 0.2) is 48.5 Å². The summed E-state index contributed by atoms with van der Waals surface area (Å²) in [5, 5.41) is 2.64. The van der Waals surface area contributed by atoms with Crippen molar-refractivity contribution in [2.75, 3.05) is 6.54 Å². The van der Waals surface area contributed by atoms with Gasteiger partial charge in [-0.15, -0.1) is 0 Å². The Morgan fingerprint density at radius 3 is 2.65 bits per heavy atom. The highest BCUT2D eigenvalue weighted by molar-refractivity contribution is 5.58. The number of hydrogen-bond acceptors (Lipinski definition) is 2. The summed E-state index contributed by atoms with van der Waals surface area (Å²) in [6, 6.07) is 16.0. The molecule has 0 fully saturated rings. The number of pyridine rings is 1. The molecule has 2 rings (SSSR count). The zero-order chi connectivity index (χ0) is 11.9. The molecule has 1 N–H and O–H groups in total. The molecule has 0 unspecified atom stereocenters. The van der Waals surface area contributed by atoms with Crippen molar-refractivity contribution < 1.29 is 4.79 Å². The van der Waals surface area contributed by atoms with Crippen LogP contribution in [0.25, 0.3) is 11.3 Å². The normalized spacial score (nSPS) is 9.88. The van der Waals surface area contributed by atoms with Crippen molar-refractivity contribution in [2.45, 2.75) is 6.42 Å². The second kappa shape index (κ2) is 5.80. The smallest absolute Gasteiger partial charge is 0.207 e. The van der Waals surface area contributed by atoms with Gasteiger partial charge in [0, 0.05) is 24.2 Å². The van der Waals surface area contributed by atoms with Crippen LogP contribution in [0.3, 0.4) is 0 Å². The summed E-state index contributed by atoms with van der Waals surface area (Å²) in [7, 11) is 0. The maximum atomic E-state index is 10.2. The minimum absolute atomic E-state index is 0.620. The second-order valence-corrected chi connectivity index (χ2v) is 3.70. The predicted molar refractivity (Wildman–Crippen MR) is 67.4 cm³/mol. The highest BCUT2D eigenvalue weighted by atomic mass is 16.1. The second-order valence-electron chi connectivity index (χ2n) is 3.70. The molecule has 1 heterocycles. The largest absolute Gasteiger partial charge is 0.358 e. The van der Waals surface area contributed by atoms with Crippen LogP contribution in [-0.4, -0.2) is 17.9 Å². The lowest BCUT2D eigenvalue weighted by Crippen LogP contribution is -2.14. The first-order valence-electron chi connectivity index (χ1n) is 5.58. The van der Waals surface area contributed by atoms with Gasteiger partial charge in [-0.25, -0.2) is 0 Å². The van der Waals surface area contributed by atoms with Gasteiger partial charge >= 0.3 is 0 Å². The number of rotatable bonds is 5. The van der Waals surface area contributed by atoms with Crippen molar-refractivity contribution in [1.29, 1.82) is 0 Å². The first-order chi connectivity index (χ1) is 8.40. The van der Waals surface area contributed by atoms with Crippen LogP contribution in [0, 0.1) is 0 Å². The SMILES string of the molecule is O=CNCCc1cccc(-c2ccccc2)n1. The van der Waals surface area contributed by atoms with Gasteiger partial charge in [-0.1, -0.05) is 36.4 Å². The van der Waals surface area contributed by atoms with Crippen LogP contribution in [0.1, 0.15) is 5.69 Å². The van der Waals surface area contributed by atoms with Gasteiger partial charge in [0.25, 0.3) is 0 Å². The molecule has 0 aliphatic rings. The van der Waals surface area contributed by atoms with E-state index in [1.165, 1.54) is 0 Å². The van der Waals surface area contributed by atoms with Crippen LogP contribution < -0.4 is 5.32 Å². The van der Waals surface area contributed by atoms with Crippen LogP contribution in [0.5, 0.6) is 0 Å². The van der Waals surface area contributed by atoms with Gasteiger partial charge in [0.2, 0.25) is 6.41 Å². The van der Waals surface area contributed by atoms with Gasteiger partial charge in [0.05, 0.1) is 5.69 Å². The van der Waals surface area contributed by atoms with E-state index in [-0.39, 0.29) is 0 Å². The molecule has 0 atom stereocenters. The van der Waals surface area contributed by atoms with Gasteiger partial charge < -0.3 is 5.32 Å². The minimum Gasteiger partial charge on any atom is -0.358 e. The molecule has 3 nitrogen and oxygen atoms in total. The van der Waals surface area contributed by atoms with Crippen molar-refractivity contribution >= 4 is 6.41 Å². The van der Waals surface area contributed by atoms with Crippen molar-refractivity contribution in [3.8, 4) is 11.3 Å². The number of carbonyl (C=O) groups excluding carboxylic acids is 1. The third kappa shape index (κ3) is 3.14. The Morgan fingerprint density at radius 1 is 1.06 bits per heavy atom. The molecule has 0 saturated heterocycles. The molecule has 2 aromatic rings. The van der Waals surface area contributed by atoms with E-state index in [1.54, 1.807) is 0 Å². The number of amides is 1. The topological polar surface area (TPSA) is 42.0 Å². The molecule has 1 amide bonds. The van der Waals surface area contributed by atoms with Gasteiger partial charge in [-0.05, 0) is 12.1 Å². The number of carbonyl (C=O) groups is 1. The molecule has 0 radical (unpaired) electrons. The van der Waals surface area contributed by atoms with E-state index in [0.29, 0.717) is 13.0 Å². The first-order valence-corrected chi connectivity index (χ1v) is 5.58. The monoisotopic (exact) mass is 226 g/mol. The molecule has 3 heteroatoms. The van der Waals surface area contributed by atoms with E-state index in [9.17, 15) is 4.79 Å². The summed E-state index contributed by atoms with van der Waals surface area (Å²) in [4.78, 5) is 14.7. The maximum absolute atomic E-state index is 10.2. The standard InChI is InChI=1S/C14H14N2O/c17-11-15-10-9-13-7-4-8-14(16-13)12-5-2-1-3-6-12/h1-8,11H,9-10H2,(H,15,17). The Morgan fingerprint density at radius 2 is 1.88 bits per heavy atom. The zero-order valence-electron chi connectivity index (χ0n) is 9.47. The highest BCUT2D eigenvalue weighted by Gasteiger charge is 2.00. The first kappa shape index (κ1) is 11.3. The molecule has 0 spiro atoms. The maximum Gasteiger partial charge on any atom is 0.207 e. The average molecular weight is 226 g/mol. The van der Waals surface area contributed by atoms with Crippen molar-refractivity contribution in [2.24, 2.45) is 0 Å². The van der Waals surface area contributed by atoms with E-state index in [2.05, 4.69) is 10.3 Å². The van der Waals surface area contributed by atoms with Crippen LogP contribution in [0.4, 0.5) is 0 Å². The Balaban J connectivity index is 2.14. The van der Waals surface area contributed by atoms with E-state index in [1.807, 2.05) is 48.5 Å². The molecule has 0 saturated carbocycles. The van der Waals surface area contributed by atoms with Gasteiger partial charge in [0.1, 0.15) is 0 Å². The summed E-state index contributed by atoms with van der Waals surface area (Å²) < 4.78 is 0. The van der Waals surface area contributed by atoms with E-state index in [0.717, 1.165) is 23.4 Å². The molecule has 86 valence electrons. The van der Waals surface area contributed by atoms with Crippen LogP contribution >= 0.6 is 0 Å². The lowest BCUT2D eigenvalue weighted by molar-refractivity contribution is -0.109. The molecule has 1 aromatic heterocycles. The van der Waals surface area contributed by atoms with E-state index in [4.69, 9.17) is 0 Å². The highest BCUT2D eigenvalue weighted by Crippen LogP contribution is 2.16. The number of hydrogen-bond donors (Lipinski definition) is 1. The molecule has 17 heavy (non-hydrogen) atoms.